The number of amides is 2. The molecule has 0 unspecified atom stereocenters. The molecule has 1 heterocycles. The minimum Gasteiger partial charge on any atom is -0.484 e. The number of aryl methyl sites for hydroxylation is 1. The maximum atomic E-state index is 12.3. The molecule has 0 bridgehead atoms. The zero-order valence-corrected chi connectivity index (χ0v) is 15.3. The van der Waals surface area contributed by atoms with Crippen molar-refractivity contribution in [3.63, 3.8) is 0 Å². The molecule has 1 aliphatic heterocycles. The summed E-state index contributed by atoms with van der Waals surface area (Å²) in [5.74, 6) is 0.770. The van der Waals surface area contributed by atoms with E-state index >= 15 is 0 Å². The van der Waals surface area contributed by atoms with Crippen molar-refractivity contribution in [1.82, 2.24) is 15.1 Å². The minimum absolute atomic E-state index is 0.00495. The van der Waals surface area contributed by atoms with Gasteiger partial charge in [-0.2, -0.15) is 0 Å². The highest BCUT2D eigenvalue weighted by Crippen LogP contribution is 2.13. The van der Waals surface area contributed by atoms with Gasteiger partial charge in [-0.1, -0.05) is 26.0 Å². The number of nitrogens with one attached hydrogen (secondary N) is 1. The summed E-state index contributed by atoms with van der Waals surface area (Å²) < 4.78 is 5.59. The smallest absolute Gasteiger partial charge is 0.260 e. The lowest BCUT2D eigenvalue weighted by molar-refractivity contribution is -0.135. The van der Waals surface area contributed by atoms with Crippen molar-refractivity contribution in [3.8, 4) is 5.75 Å². The van der Waals surface area contributed by atoms with Crippen molar-refractivity contribution in [3.05, 3.63) is 29.8 Å². The lowest BCUT2D eigenvalue weighted by Crippen LogP contribution is -2.52. The highest BCUT2D eigenvalue weighted by Gasteiger charge is 2.22. The molecule has 25 heavy (non-hydrogen) atoms. The number of rotatable bonds is 8. The zero-order chi connectivity index (χ0) is 18.1. The van der Waals surface area contributed by atoms with Crippen LogP contribution in [-0.4, -0.2) is 67.5 Å². The van der Waals surface area contributed by atoms with Gasteiger partial charge in [-0.25, -0.2) is 0 Å². The number of piperazine rings is 1. The second kappa shape index (κ2) is 10.0. The van der Waals surface area contributed by atoms with E-state index in [-0.39, 0.29) is 18.4 Å². The number of hydrogen-bond donors (Lipinski definition) is 1. The van der Waals surface area contributed by atoms with Gasteiger partial charge in [-0.15, -0.1) is 0 Å². The van der Waals surface area contributed by atoms with Crippen LogP contribution in [0.15, 0.2) is 24.3 Å². The summed E-state index contributed by atoms with van der Waals surface area (Å²) in [5, 5.41) is 2.88. The van der Waals surface area contributed by atoms with Gasteiger partial charge in [0.25, 0.3) is 5.91 Å². The lowest BCUT2D eigenvalue weighted by atomic mass is 10.2. The molecular weight excluding hydrogens is 318 g/mol. The van der Waals surface area contributed by atoms with E-state index in [9.17, 15) is 9.59 Å². The monoisotopic (exact) mass is 347 g/mol. The van der Waals surface area contributed by atoms with Crippen LogP contribution in [-0.2, 0) is 16.0 Å². The SMILES string of the molecule is CCCNC(=O)CN1CCN(C(=O)COc2ccc(CC)cc2)CC1. The molecule has 1 fully saturated rings. The second-order valence-corrected chi connectivity index (χ2v) is 6.29. The Balaban J connectivity index is 1.69. The normalized spacial score (nSPS) is 15.0. The topological polar surface area (TPSA) is 61.9 Å². The van der Waals surface area contributed by atoms with E-state index in [1.54, 1.807) is 4.90 Å². The van der Waals surface area contributed by atoms with Crippen molar-refractivity contribution in [1.29, 1.82) is 0 Å². The molecule has 1 aromatic carbocycles. The highest BCUT2D eigenvalue weighted by atomic mass is 16.5. The summed E-state index contributed by atoms with van der Waals surface area (Å²) in [6, 6.07) is 7.84. The summed E-state index contributed by atoms with van der Waals surface area (Å²) in [5.41, 5.74) is 1.25. The predicted molar refractivity (Wildman–Crippen MR) is 97.6 cm³/mol. The molecule has 0 aromatic heterocycles. The fourth-order valence-corrected chi connectivity index (χ4v) is 2.74. The summed E-state index contributed by atoms with van der Waals surface area (Å²) >= 11 is 0. The van der Waals surface area contributed by atoms with E-state index in [0.717, 1.165) is 31.7 Å². The number of nitrogens with zero attached hydrogens (tertiary/aromatic N) is 2. The molecule has 2 amide bonds. The first kappa shape index (κ1) is 19.2. The Morgan fingerprint density at radius 3 is 2.36 bits per heavy atom. The number of carbonyl (C=O) groups is 2. The van der Waals surface area contributed by atoms with E-state index in [1.165, 1.54) is 5.56 Å². The summed E-state index contributed by atoms with van der Waals surface area (Å²) in [7, 11) is 0. The van der Waals surface area contributed by atoms with Gasteiger partial charge in [0.05, 0.1) is 6.54 Å². The van der Waals surface area contributed by atoms with Crippen LogP contribution >= 0.6 is 0 Å². The third-order valence-electron chi connectivity index (χ3n) is 4.36. The third-order valence-corrected chi connectivity index (χ3v) is 4.36. The maximum absolute atomic E-state index is 12.3. The predicted octanol–water partition coefficient (Wildman–Crippen LogP) is 1.30. The van der Waals surface area contributed by atoms with Crippen LogP contribution in [0.25, 0.3) is 0 Å². The van der Waals surface area contributed by atoms with Crippen LogP contribution < -0.4 is 10.1 Å². The number of ether oxygens (including phenoxy) is 1. The molecule has 0 radical (unpaired) electrons. The summed E-state index contributed by atoms with van der Waals surface area (Å²) in [6.45, 7) is 8.03. The quantitative estimate of drug-likeness (QED) is 0.770. The van der Waals surface area contributed by atoms with E-state index < -0.39 is 0 Å². The third kappa shape index (κ3) is 6.38. The first-order chi connectivity index (χ1) is 12.1. The molecule has 0 spiro atoms. The van der Waals surface area contributed by atoms with Gasteiger partial charge < -0.3 is 15.0 Å². The Bertz CT molecular complexity index is 552. The number of hydrogen-bond acceptors (Lipinski definition) is 4. The van der Waals surface area contributed by atoms with Crippen LogP contribution in [0.1, 0.15) is 25.8 Å². The molecule has 1 N–H and O–H groups in total. The average Bonchev–Trinajstić information content (AvgIpc) is 2.65. The average molecular weight is 347 g/mol. The van der Waals surface area contributed by atoms with Gasteiger partial charge in [0.2, 0.25) is 5.91 Å². The molecule has 1 saturated heterocycles. The lowest BCUT2D eigenvalue weighted by Gasteiger charge is -2.34. The highest BCUT2D eigenvalue weighted by molar-refractivity contribution is 5.79. The molecule has 1 aromatic rings. The van der Waals surface area contributed by atoms with Crippen molar-refractivity contribution >= 4 is 11.8 Å². The molecule has 1 aliphatic rings. The fraction of sp³-hybridized carbons (Fsp3) is 0.579. The first-order valence-corrected chi connectivity index (χ1v) is 9.11. The van der Waals surface area contributed by atoms with E-state index in [0.29, 0.717) is 26.2 Å². The van der Waals surface area contributed by atoms with E-state index in [1.807, 2.05) is 31.2 Å². The van der Waals surface area contributed by atoms with E-state index in [2.05, 4.69) is 17.1 Å². The van der Waals surface area contributed by atoms with E-state index in [4.69, 9.17) is 4.74 Å². The maximum Gasteiger partial charge on any atom is 0.260 e. The van der Waals surface area contributed by atoms with Gasteiger partial charge in [-0.3, -0.25) is 14.5 Å². The summed E-state index contributed by atoms with van der Waals surface area (Å²) in [6.07, 6.45) is 1.93. The molecule has 6 nitrogen and oxygen atoms in total. The molecule has 6 heteroatoms. The fourth-order valence-electron chi connectivity index (χ4n) is 2.74. The Hall–Kier alpha value is -2.08. The van der Waals surface area contributed by atoms with Crippen LogP contribution in [0.3, 0.4) is 0 Å². The van der Waals surface area contributed by atoms with Gasteiger partial charge in [0.15, 0.2) is 6.61 Å². The van der Waals surface area contributed by atoms with Crippen LogP contribution in [0, 0.1) is 0 Å². The minimum atomic E-state index is -0.00495. The standard InChI is InChI=1S/C19H29N3O3/c1-3-9-20-18(23)14-21-10-12-22(13-11-21)19(24)15-25-17-7-5-16(4-2)6-8-17/h5-8H,3-4,9-15H2,1-2H3,(H,20,23). The second-order valence-electron chi connectivity index (χ2n) is 6.29. The van der Waals surface area contributed by atoms with Crippen molar-refractivity contribution in [2.45, 2.75) is 26.7 Å². The van der Waals surface area contributed by atoms with Crippen molar-refractivity contribution in [2.24, 2.45) is 0 Å². The Morgan fingerprint density at radius 1 is 1.08 bits per heavy atom. The molecule has 2 rings (SSSR count). The Morgan fingerprint density at radius 2 is 1.76 bits per heavy atom. The van der Waals surface area contributed by atoms with Gasteiger partial charge in [0, 0.05) is 32.7 Å². The van der Waals surface area contributed by atoms with Crippen molar-refractivity contribution < 1.29 is 14.3 Å². The van der Waals surface area contributed by atoms with Crippen LogP contribution in [0.5, 0.6) is 5.75 Å². The molecule has 0 saturated carbocycles. The largest absolute Gasteiger partial charge is 0.484 e. The van der Waals surface area contributed by atoms with Crippen LogP contribution in [0.4, 0.5) is 0 Å². The van der Waals surface area contributed by atoms with Crippen LogP contribution in [0.2, 0.25) is 0 Å². The molecule has 0 atom stereocenters. The molecule has 0 aliphatic carbocycles. The van der Waals surface area contributed by atoms with Gasteiger partial charge in [-0.05, 0) is 30.5 Å². The zero-order valence-electron chi connectivity index (χ0n) is 15.3. The first-order valence-electron chi connectivity index (χ1n) is 9.11. The number of benzene rings is 1. The Labute approximate surface area is 150 Å². The van der Waals surface area contributed by atoms with Crippen molar-refractivity contribution in [2.75, 3.05) is 45.9 Å². The molecular formula is C19H29N3O3. The Kier molecular flexibility index (Phi) is 7.73. The van der Waals surface area contributed by atoms with Gasteiger partial charge in [0.1, 0.15) is 5.75 Å². The number of carbonyl (C=O) groups excluding carboxylic acids is 2. The summed E-state index contributed by atoms with van der Waals surface area (Å²) in [4.78, 5) is 27.9. The van der Waals surface area contributed by atoms with Gasteiger partial charge >= 0.3 is 0 Å². The molecule has 138 valence electrons.